The van der Waals surface area contributed by atoms with E-state index in [1.54, 1.807) is 0 Å². The zero-order valence-corrected chi connectivity index (χ0v) is 8.47. The third-order valence-electron chi connectivity index (χ3n) is 2.18. The molecule has 0 radical (unpaired) electrons. The van der Waals surface area contributed by atoms with E-state index in [0.29, 0.717) is 0 Å². The van der Waals surface area contributed by atoms with E-state index in [9.17, 15) is 9.90 Å². The summed E-state index contributed by atoms with van der Waals surface area (Å²) in [6.07, 6.45) is 0. The Hall–Kier alpha value is -0.730. The van der Waals surface area contributed by atoms with Crippen LogP contribution >= 0.6 is 0 Å². The monoisotopic (exact) mass is 223 g/mol. The number of β-amino-alcohol motifs (C(OH)–C–C–N with tert-alkyl or cyclic N) is 1. The molecule has 7 nitrogen and oxygen atoms in total. The van der Waals surface area contributed by atoms with Gasteiger partial charge in [0.15, 0.2) is 5.60 Å². The van der Waals surface area contributed by atoms with Crippen LogP contribution in [-0.4, -0.2) is 69.0 Å². The first-order chi connectivity index (χ1) is 6.83. The van der Waals surface area contributed by atoms with E-state index in [0.717, 1.165) is 6.92 Å². The van der Waals surface area contributed by atoms with E-state index < -0.39 is 43.5 Å². The van der Waals surface area contributed by atoms with Gasteiger partial charge in [-0.25, -0.2) is 4.79 Å². The van der Waals surface area contributed by atoms with Crippen LogP contribution in [0.15, 0.2) is 0 Å². The highest BCUT2D eigenvalue weighted by Gasteiger charge is 2.35. The van der Waals surface area contributed by atoms with Crippen LogP contribution in [0.3, 0.4) is 0 Å². The van der Waals surface area contributed by atoms with Crippen molar-refractivity contribution in [3.63, 3.8) is 0 Å². The average molecular weight is 223 g/mol. The zero-order chi connectivity index (χ0) is 12.1. The Kier molecular flexibility index (Phi) is 5.12. The van der Waals surface area contributed by atoms with E-state index in [4.69, 9.17) is 20.4 Å². The first-order valence-corrected chi connectivity index (χ1v) is 4.37. The summed E-state index contributed by atoms with van der Waals surface area (Å²) < 4.78 is 0. The van der Waals surface area contributed by atoms with Crippen LogP contribution in [-0.2, 0) is 4.79 Å². The molecule has 0 aromatic heterocycles. The van der Waals surface area contributed by atoms with E-state index in [-0.39, 0.29) is 0 Å². The minimum atomic E-state index is -2.02. The van der Waals surface area contributed by atoms with Crippen molar-refractivity contribution in [3.05, 3.63) is 0 Å². The van der Waals surface area contributed by atoms with Crippen molar-refractivity contribution in [2.45, 2.75) is 18.1 Å². The van der Waals surface area contributed by atoms with E-state index in [1.807, 2.05) is 0 Å². The SMILES string of the molecule is CC(O)(CNC(CO)(CO)CO)C(=O)O. The second kappa shape index (κ2) is 5.38. The van der Waals surface area contributed by atoms with Crippen molar-refractivity contribution in [2.24, 2.45) is 0 Å². The van der Waals surface area contributed by atoms with E-state index >= 15 is 0 Å². The van der Waals surface area contributed by atoms with Gasteiger partial charge in [-0.3, -0.25) is 0 Å². The molecule has 0 heterocycles. The van der Waals surface area contributed by atoms with Gasteiger partial charge in [0.05, 0.1) is 25.4 Å². The summed E-state index contributed by atoms with van der Waals surface area (Å²) in [7, 11) is 0. The van der Waals surface area contributed by atoms with Gasteiger partial charge in [0.25, 0.3) is 0 Å². The second-order valence-corrected chi connectivity index (χ2v) is 3.69. The molecule has 0 aliphatic carbocycles. The van der Waals surface area contributed by atoms with Gasteiger partial charge in [0.2, 0.25) is 0 Å². The average Bonchev–Trinajstić information content (AvgIpc) is 2.20. The highest BCUT2D eigenvalue weighted by Crippen LogP contribution is 2.06. The lowest BCUT2D eigenvalue weighted by molar-refractivity contribution is -0.156. The van der Waals surface area contributed by atoms with Crippen molar-refractivity contribution in [1.29, 1.82) is 0 Å². The first kappa shape index (κ1) is 14.3. The molecule has 0 aromatic carbocycles. The highest BCUT2D eigenvalue weighted by atomic mass is 16.4. The number of carbonyl (C=O) groups is 1. The predicted molar refractivity (Wildman–Crippen MR) is 50.3 cm³/mol. The Morgan fingerprint density at radius 1 is 1.20 bits per heavy atom. The lowest BCUT2D eigenvalue weighted by atomic mass is 10.0. The quantitative estimate of drug-likeness (QED) is 0.273. The van der Waals surface area contributed by atoms with Gasteiger partial charge >= 0.3 is 5.97 Å². The van der Waals surface area contributed by atoms with Crippen LogP contribution < -0.4 is 5.32 Å². The van der Waals surface area contributed by atoms with Crippen molar-refractivity contribution >= 4 is 5.97 Å². The number of aliphatic carboxylic acids is 1. The van der Waals surface area contributed by atoms with Crippen LogP contribution in [0, 0.1) is 0 Å². The van der Waals surface area contributed by atoms with Crippen molar-refractivity contribution in [1.82, 2.24) is 5.32 Å². The molecule has 1 atom stereocenters. The van der Waals surface area contributed by atoms with Crippen LogP contribution in [0.2, 0.25) is 0 Å². The lowest BCUT2D eigenvalue weighted by Crippen LogP contribution is -2.59. The Morgan fingerprint density at radius 2 is 1.60 bits per heavy atom. The molecule has 90 valence electrons. The van der Waals surface area contributed by atoms with Crippen LogP contribution in [0.1, 0.15) is 6.92 Å². The third-order valence-corrected chi connectivity index (χ3v) is 2.18. The number of carboxylic acids is 1. The molecule has 0 bridgehead atoms. The molecule has 6 N–H and O–H groups in total. The molecule has 0 amide bonds. The van der Waals surface area contributed by atoms with Crippen molar-refractivity contribution < 1.29 is 30.3 Å². The second-order valence-electron chi connectivity index (χ2n) is 3.69. The standard InChI is InChI=1S/C8H17NO6/c1-7(15,6(13)14)2-9-8(3-10,4-11)5-12/h9-12,15H,2-5H2,1H3,(H,13,14). The maximum absolute atomic E-state index is 10.5. The van der Waals surface area contributed by atoms with Crippen molar-refractivity contribution in [2.75, 3.05) is 26.4 Å². The molecule has 0 aliphatic rings. The normalized spacial score (nSPS) is 16.1. The Morgan fingerprint density at radius 3 is 1.87 bits per heavy atom. The summed E-state index contributed by atoms with van der Waals surface area (Å²) >= 11 is 0. The number of rotatable bonds is 7. The summed E-state index contributed by atoms with van der Waals surface area (Å²) in [5.41, 5.74) is -3.41. The minimum Gasteiger partial charge on any atom is -0.479 e. The number of aliphatic hydroxyl groups excluding tert-OH is 3. The smallest absolute Gasteiger partial charge is 0.336 e. The van der Waals surface area contributed by atoms with Gasteiger partial charge in [0, 0.05) is 6.54 Å². The number of nitrogens with one attached hydrogen (secondary N) is 1. The molecule has 0 fully saturated rings. The fraction of sp³-hybridized carbons (Fsp3) is 0.875. The third kappa shape index (κ3) is 3.73. The fourth-order valence-corrected chi connectivity index (χ4v) is 0.753. The molecule has 0 rings (SSSR count). The van der Waals surface area contributed by atoms with Gasteiger partial charge in [-0.2, -0.15) is 0 Å². The van der Waals surface area contributed by atoms with Gasteiger partial charge in [-0.1, -0.05) is 0 Å². The maximum atomic E-state index is 10.5. The molecular weight excluding hydrogens is 206 g/mol. The Bertz CT molecular complexity index is 205. The topological polar surface area (TPSA) is 130 Å². The Balaban J connectivity index is 4.40. The van der Waals surface area contributed by atoms with E-state index in [1.165, 1.54) is 0 Å². The van der Waals surface area contributed by atoms with Gasteiger partial charge in [-0.05, 0) is 6.92 Å². The van der Waals surface area contributed by atoms with Gasteiger partial charge in [0.1, 0.15) is 0 Å². The summed E-state index contributed by atoms with van der Waals surface area (Å²) in [6, 6.07) is 0. The van der Waals surface area contributed by atoms with Gasteiger partial charge in [-0.15, -0.1) is 0 Å². The van der Waals surface area contributed by atoms with Crippen LogP contribution in [0.25, 0.3) is 0 Å². The fourth-order valence-electron chi connectivity index (χ4n) is 0.753. The summed E-state index contributed by atoms with van der Waals surface area (Å²) in [5.74, 6) is -1.43. The van der Waals surface area contributed by atoms with Crippen LogP contribution in [0.4, 0.5) is 0 Å². The number of hydrogen-bond acceptors (Lipinski definition) is 6. The van der Waals surface area contributed by atoms with Crippen LogP contribution in [0.5, 0.6) is 0 Å². The number of aliphatic hydroxyl groups is 4. The predicted octanol–water partition coefficient (Wildman–Crippen LogP) is -2.87. The molecular formula is C8H17NO6. The van der Waals surface area contributed by atoms with E-state index in [2.05, 4.69) is 5.32 Å². The molecule has 7 heteroatoms. The van der Waals surface area contributed by atoms with Crippen molar-refractivity contribution in [3.8, 4) is 0 Å². The molecule has 15 heavy (non-hydrogen) atoms. The zero-order valence-electron chi connectivity index (χ0n) is 8.47. The summed E-state index contributed by atoms with van der Waals surface area (Å²) in [5, 5.41) is 47.0. The molecule has 0 saturated carbocycles. The highest BCUT2D eigenvalue weighted by molar-refractivity contribution is 5.76. The van der Waals surface area contributed by atoms with Gasteiger partial charge < -0.3 is 30.8 Å². The number of hydrogen-bond donors (Lipinski definition) is 6. The molecule has 1 unspecified atom stereocenters. The lowest BCUT2D eigenvalue weighted by Gasteiger charge is -2.31. The first-order valence-electron chi connectivity index (χ1n) is 4.37. The maximum Gasteiger partial charge on any atom is 0.336 e. The summed E-state index contributed by atoms with van der Waals surface area (Å²) in [4.78, 5) is 10.5. The summed E-state index contributed by atoms with van der Waals surface area (Å²) in [6.45, 7) is -1.05. The molecule has 0 spiro atoms. The Labute approximate surface area is 87.0 Å². The molecule has 0 aromatic rings. The molecule has 0 saturated heterocycles. The molecule has 0 aliphatic heterocycles. The minimum absolute atomic E-state index is 0.399. The largest absolute Gasteiger partial charge is 0.479 e. The number of carboxylic acid groups (broad SMARTS) is 1.